The number of rotatable bonds is 6. The Balaban J connectivity index is 1.43. The first-order valence-corrected chi connectivity index (χ1v) is 17.4. The summed E-state index contributed by atoms with van der Waals surface area (Å²) in [5.41, 5.74) is 3.49. The minimum atomic E-state index is -1.02. The smallest absolute Gasteiger partial charge is 0.251 e. The molecule has 0 aliphatic carbocycles. The third kappa shape index (κ3) is 10.2. The molecule has 1 aliphatic rings. The van der Waals surface area contributed by atoms with Crippen LogP contribution >= 0.6 is 0 Å². The number of nitrogens with one attached hydrogen (secondary N) is 4. The number of aromatic nitrogens is 3. The fourth-order valence-electron chi connectivity index (χ4n) is 6.03. The van der Waals surface area contributed by atoms with Gasteiger partial charge in [0.15, 0.2) is 0 Å². The summed E-state index contributed by atoms with van der Waals surface area (Å²) in [7, 11) is 0. The molecule has 2 aromatic heterocycles. The number of fused-ring (bicyclic) bond motifs is 1. The molecule has 13 heteroatoms. The number of pyridine rings is 1. The van der Waals surface area contributed by atoms with Crippen LogP contribution in [0, 0.1) is 5.92 Å². The van der Waals surface area contributed by atoms with Gasteiger partial charge in [0.2, 0.25) is 23.6 Å². The Kier molecular flexibility index (Phi) is 12.5. The lowest BCUT2D eigenvalue weighted by molar-refractivity contribution is -0.136. The highest BCUT2D eigenvalue weighted by molar-refractivity contribution is 5.97. The topological polar surface area (TPSA) is 167 Å². The summed E-state index contributed by atoms with van der Waals surface area (Å²) in [6.07, 6.45) is 4.69. The molecule has 268 valence electrons. The van der Waals surface area contributed by atoms with Crippen molar-refractivity contribution in [1.82, 2.24) is 40.7 Å². The molecule has 51 heavy (non-hydrogen) atoms. The van der Waals surface area contributed by atoms with E-state index in [1.165, 1.54) is 4.90 Å². The van der Waals surface area contributed by atoms with Crippen LogP contribution in [0.5, 0.6) is 0 Å². The zero-order valence-corrected chi connectivity index (χ0v) is 29.4. The van der Waals surface area contributed by atoms with Gasteiger partial charge >= 0.3 is 0 Å². The van der Waals surface area contributed by atoms with Crippen molar-refractivity contribution >= 4 is 40.6 Å². The Labute approximate surface area is 297 Å². The number of carbonyl (C=O) groups is 5. The lowest BCUT2D eigenvalue weighted by Gasteiger charge is -2.25. The van der Waals surface area contributed by atoms with Gasteiger partial charge in [-0.15, -0.1) is 0 Å². The van der Waals surface area contributed by atoms with E-state index in [0.29, 0.717) is 36.6 Å². The van der Waals surface area contributed by atoms with Gasteiger partial charge in [0.25, 0.3) is 5.91 Å². The highest BCUT2D eigenvalue weighted by Crippen LogP contribution is 2.21. The van der Waals surface area contributed by atoms with E-state index in [2.05, 4.69) is 44.7 Å². The molecule has 3 heterocycles. The predicted molar refractivity (Wildman–Crippen MR) is 192 cm³/mol. The van der Waals surface area contributed by atoms with Gasteiger partial charge in [0, 0.05) is 57.0 Å². The SMILES string of the molecule is CC(C)Cc1nc2ccc3cc2n1CCCNC(=O)[C@@H](C)NC(=O)[C@H](Cc1ccccc1)NC(=O)CN(C(=O)Cc1cccnc1)CCNC3=O. The lowest BCUT2D eigenvalue weighted by Crippen LogP contribution is -2.55. The third-order valence-electron chi connectivity index (χ3n) is 8.66. The monoisotopic (exact) mass is 694 g/mol. The third-order valence-corrected chi connectivity index (χ3v) is 8.66. The molecule has 0 saturated carbocycles. The number of hydrogen-bond acceptors (Lipinski definition) is 7. The van der Waals surface area contributed by atoms with Crippen LogP contribution in [0.1, 0.15) is 54.5 Å². The molecule has 1 aliphatic heterocycles. The van der Waals surface area contributed by atoms with Gasteiger partial charge in [-0.1, -0.05) is 50.2 Å². The molecule has 0 spiro atoms. The van der Waals surface area contributed by atoms with Crippen molar-refractivity contribution in [1.29, 1.82) is 0 Å². The van der Waals surface area contributed by atoms with Gasteiger partial charge in [0.05, 0.1) is 24.0 Å². The molecule has 13 nitrogen and oxygen atoms in total. The maximum Gasteiger partial charge on any atom is 0.251 e. The van der Waals surface area contributed by atoms with Crippen molar-refractivity contribution in [2.45, 2.75) is 65.1 Å². The molecule has 0 radical (unpaired) electrons. The van der Waals surface area contributed by atoms with Gasteiger partial charge in [-0.05, 0) is 54.7 Å². The summed E-state index contributed by atoms with van der Waals surface area (Å²) in [4.78, 5) is 77.4. The van der Waals surface area contributed by atoms with Crippen molar-refractivity contribution in [3.05, 3.63) is 95.6 Å². The number of imidazole rings is 1. The highest BCUT2D eigenvalue weighted by atomic mass is 16.2. The number of nitrogens with zero attached hydrogens (tertiary/aromatic N) is 4. The van der Waals surface area contributed by atoms with Crippen molar-refractivity contribution < 1.29 is 24.0 Å². The first kappa shape index (κ1) is 36.7. The Morgan fingerprint density at radius 2 is 1.69 bits per heavy atom. The summed E-state index contributed by atoms with van der Waals surface area (Å²) in [6.45, 7) is 6.52. The maximum absolute atomic E-state index is 13.6. The minimum Gasteiger partial charge on any atom is -0.354 e. The van der Waals surface area contributed by atoms with Crippen molar-refractivity contribution in [3.63, 3.8) is 0 Å². The highest BCUT2D eigenvalue weighted by Gasteiger charge is 2.27. The zero-order valence-electron chi connectivity index (χ0n) is 29.4. The van der Waals surface area contributed by atoms with E-state index in [1.54, 1.807) is 37.5 Å². The van der Waals surface area contributed by atoms with E-state index >= 15 is 0 Å². The first-order chi connectivity index (χ1) is 24.6. The summed E-state index contributed by atoms with van der Waals surface area (Å²) in [6, 6.07) is 16.2. The van der Waals surface area contributed by atoms with Crippen LogP contribution < -0.4 is 21.3 Å². The molecule has 0 unspecified atom stereocenters. The van der Waals surface area contributed by atoms with E-state index in [0.717, 1.165) is 28.8 Å². The van der Waals surface area contributed by atoms with Crippen LogP contribution in [-0.2, 0) is 45.0 Å². The second kappa shape index (κ2) is 17.4. The number of aryl methyl sites for hydroxylation is 1. The second-order valence-corrected chi connectivity index (χ2v) is 13.3. The Morgan fingerprint density at radius 1 is 0.902 bits per heavy atom. The number of hydrogen-bond donors (Lipinski definition) is 4. The van der Waals surface area contributed by atoms with Crippen LogP contribution in [0.4, 0.5) is 0 Å². The minimum absolute atomic E-state index is 0.00497. The average Bonchev–Trinajstić information content (AvgIpc) is 3.44. The van der Waals surface area contributed by atoms with E-state index < -0.39 is 23.9 Å². The summed E-state index contributed by atoms with van der Waals surface area (Å²) in [5, 5.41) is 11.3. The lowest BCUT2D eigenvalue weighted by atomic mass is 10.0. The molecular formula is C38H46N8O5. The van der Waals surface area contributed by atoms with Gasteiger partial charge in [-0.2, -0.15) is 0 Å². The summed E-state index contributed by atoms with van der Waals surface area (Å²) in [5.74, 6) is -0.869. The molecule has 4 aromatic rings. The molecule has 2 aromatic carbocycles. The fraction of sp³-hybridized carbons (Fsp3) is 0.395. The molecule has 5 rings (SSSR count). The number of amides is 5. The van der Waals surface area contributed by atoms with Crippen molar-refractivity contribution in [2.24, 2.45) is 5.92 Å². The first-order valence-electron chi connectivity index (χ1n) is 17.4. The van der Waals surface area contributed by atoms with Gasteiger partial charge in [0.1, 0.15) is 17.9 Å². The molecule has 2 bridgehead atoms. The maximum atomic E-state index is 13.6. The molecule has 4 N–H and O–H groups in total. The summed E-state index contributed by atoms with van der Waals surface area (Å²) >= 11 is 0. The Hall–Kier alpha value is -5.59. The molecule has 5 amide bonds. The molecule has 0 fully saturated rings. The van der Waals surface area contributed by atoms with Crippen LogP contribution in [0.25, 0.3) is 11.0 Å². The van der Waals surface area contributed by atoms with Crippen molar-refractivity contribution in [2.75, 3.05) is 26.2 Å². The Morgan fingerprint density at radius 3 is 2.43 bits per heavy atom. The van der Waals surface area contributed by atoms with Gasteiger partial charge < -0.3 is 30.7 Å². The predicted octanol–water partition coefficient (Wildman–Crippen LogP) is 2.18. The normalized spacial score (nSPS) is 18.5. The molecule has 0 saturated heterocycles. The standard InChI is InChI=1S/C38H46N8O5/c1-25(2)19-33-43-30-13-12-29-22-32(30)46(33)17-8-15-40-36(49)26(3)42-38(51)31(20-27-9-5-4-6-10-27)44-34(47)24-45(18-16-41-37(29)50)35(48)21-28-11-7-14-39-23-28/h4-7,9-14,22-23,25-26,31H,8,15-21,24H2,1-3H3,(H,40,49)(H,41,50)(H,42,51)(H,44,47)/t26-,31+/m1/s1. The fourth-order valence-corrected chi connectivity index (χ4v) is 6.03. The number of benzene rings is 2. The number of carbonyl (C=O) groups excluding carboxylic acids is 5. The Bertz CT molecular complexity index is 1840. The van der Waals surface area contributed by atoms with Crippen LogP contribution in [0.15, 0.2) is 73.1 Å². The van der Waals surface area contributed by atoms with Gasteiger partial charge in [-0.3, -0.25) is 29.0 Å². The van der Waals surface area contributed by atoms with E-state index in [4.69, 9.17) is 4.98 Å². The van der Waals surface area contributed by atoms with E-state index in [1.807, 2.05) is 42.5 Å². The van der Waals surface area contributed by atoms with E-state index in [-0.39, 0.29) is 50.2 Å². The quantitative estimate of drug-likeness (QED) is 0.240. The van der Waals surface area contributed by atoms with Crippen molar-refractivity contribution in [3.8, 4) is 0 Å². The van der Waals surface area contributed by atoms with E-state index in [9.17, 15) is 24.0 Å². The summed E-state index contributed by atoms with van der Waals surface area (Å²) < 4.78 is 2.09. The largest absolute Gasteiger partial charge is 0.354 e. The second-order valence-electron chi connectivity index (χ2n) is 13.3. The van der Waals surface area contributed by atoms with Gasteiger partial charge in [-0.25, -0.2) is 4.98 Å². The van der Waals surface area contributed by atoms with Crippen LogP contribution in [0.3, 0.4) is 0 Å². The zero-order chi connectivity index (χ0) is 36.3. The van der Waals surface area contributed by atoms with Crippen LogP contribution in [0.2, 0.25) is 0 Å². The molecule has 2 atom stereocenters. The molecular weight excluding hydrogens is 648 g/mol. The average molecular weight is 695 g/mol. The van der Waals surface area contributed by atoms with Crippen LogP contribution in [-0.4, -0.2) is 87.2 Å².